The van der Waals surface area contributed by atoms with E-state index in [-0.39, 0.29) is 0 Å². The van der Waals surface area contributed by atoms with Crippen LogP contribution in [-0.4, -0.2) is 36.6 Å². The van der Waals surface area contributed by atoms with Gasteiger partial charge in [0.05, 0.1) is 0 Å². The lowest BCUT2D eigenvalue weighted by molar-refractivity contribution is 0.176. The van der Waals surface area contributed by atoms with E-state index >= 15 is 0 Å². The average Bonchev–Trinajstić information content (AvgIpc) is 2.67. The van der Waals surface area contributed by atoms with Gasteiger partial charge < -0.3 is 5.32 Å². The summed E-state index contributed by atoms with van der Waals surface area (Å²) in [6, 6.07) is 1.63. The summed E-state index contributed by atoms with van der Waals surface area (Å²) >= 11 is 0. The number of hydrogen-bond acceptors (Lipinski definition) is 2. The molecule has 2 atom stereocenters. The summed E-state index contributed by atoms with van der Waals surface area (Å²) < 4.78 is 0. The van der Waals surface area contributed by atoms with Gasteiger partial charge in [0.15, 0.2) is 0 Å². The average molecular weight is 210 g/mol. The van der Waals surface area contributed by atoms with Gasteiger partial charge in [0.2, 0.25) is 0 Å². The molecule has 0 aliphatic carbocycles. The number of nitrogens with one attached hydrogen (secondary N) is 1. The number of piperidine rings is 1. The molecule has 2 aliphatic rings. The maximum Gasteiger partial charge on any atom is 0.0195 e. The van der Waals surface area contributed by atoms with Crippen molar-refractivity contribution in [1.29, 1.82) is 0 Å². The molecule has 2 heterocycles. The Hall–Kier alpha value is -0.0800. The first-order valence-electron chi connectivity index (χ1n) is 6.75. The summed E-state index contributed by atoms with van der Waals surface area (Å²) in [6.45, 7) is 8.61. The van der Waals surface area contributed by atoms with Crippen LogP contribution < -0.4 is 5.32 Å². The molecule has 0 aromatic rings. The molecule has 0 spiro atoms. The fourth-order valence-electron chi connectivity index (χ4n) is 3.20. The second kappa shape index (κ2) is 5.31. The van der Waals surface area contributed by atoms with E-state index in [1.165, 1.54) is 51.7 Å². The zero-order chi connectivity index (χ0) is 10.7. The van der Waals surface area contributed by atoms with Crippen LogP contribution in [0, 0.1) is 5.92 Å². The van der Waals surface area contributed by atoms with E-state index in [0.717, 1.165) is 18.0 Å². The molecular weight excluding hydrogens is 184 g/mol. The molecule has 0 radical (unpaired) electrons. The summed E-state index contributed by atoms with van der Waals surface area (Å²) in [7, 11) is 0. The molecule has 15 heavy (non-hydrogen) atoms. The van der Waals surface area contributed by atoms with E-state index in [1.54, 1.807) is 0 Å². The lowest BCUT2D eigenvalue weighted by atomic mass is 10.00. The van der Waals surface area contributed by atoms with Crippen LogP contribution in [0.25, 0.3) is 0 Å². The fourth-order valence-corrected chi connectivity index (χ4v) is 3.20. The third-order valence-electron chi connectivity index (χ3n) is 4.05. The molecule has 2 fully saturated rings. The molecule has 2 heteroatoms. The first-order valence-corrected chi connectivity index (χ1v) is 6.75. The Labute approximate surface area is 94.4 Å². The van der Waals surface area contributed by atoms with E-state index in [0.29, 0.717) is 0 Å². The standard InChI is InChI=1S/C13H26N2/c1-11(2)13-7-5-9-15(13)10-12-6-3-4-8-14-12/h11-14H,3-10H2,1-2H3. The van der Waals surface area contributed by atoms with E-state index in [1.807, 2.05) is 0 Å². The van der Waals surface area contributed by atoms with Gasteiger partial charge in [-0.15, -0.1) is 0 Å². The number of likely N-dealkylation sites (tertiary alicyclic amines) is 1. The first-order chi connectivity index (χ1) is 7.27. The maximum atomic E-state index is 3.66. The molecule has 1 N–H and O–H groups in total. The van der Waals surface area contributed by atoms with Gasteiger partial charge in [-0.1, -0.05) is 20.3 Å². The van der Waals surface area contributed by atoms with E-state index in [9.17, 15) is 0 Å². The highest BCUT2D eigenvalue weighted by Crippen LogP contribution is 2.24. The van der Waals surface area contributed by atoms with Crippen molar-refractivity contribution in [2.24, 2.45) is 5.92 Å². The molecule has 0 aromatic heterocycles. The van der Waals surface area contributed by atoms with Crippen LogP contribution in [0.3, 0.4) is 0 Å². The Morgan fingerprint density at radius 2 is 2.07 bits per heavy atom. The van der Waals surface area contributed by atoms with Crippen LogP contribution in [0.4, 0.5) is 0 Å². The van der Waals surface area contributed by atoms with Crippen molar-refractivity contribution >= 4 is 0 Å². The summed E-state index contributed by atoms with van der Waals surface area (Å²) in [4.78, 5) is 2.73. The zero-order valence-corrected chi connectivity index (χ0v) is 10.3. The SMILES string of the molecule is CC(C)C1CCCN1CC1CCCCN1. The molecule has 88 valence electrons. The predicted octanol–water partition coefficient (Wildman–Crippen LogP) is 2.25. The van der Waals surface area contributed by atoms with Gasteiger partial charge in [-0.25, -0.2) is 0 Å². The van der Waals surface area contributed by atoms with Gasteiger partial charge in [0, 0.05) is 18.6 Å². The molecule has 0 amide bonds. The lowest BCUT2D eigenvalue weighted by Gasteiger charge is -2.33. The largest absolute Gasteiger partial charge is 0.313 e. The molecule has 2 saturated heterocycles. The summed E-state index contributed by atoms with van der Waals surface area (Å²) in [5.74, 6) is 0.830. The van der Waals surface area contributed by atoms with E-state index < -0.39 is 0 Å². The number of hydrogen-bond donors (Lipinski definition) is 1. The minimum Gasteiger partial charge on any atom is -0.313 e. The predicted molar refractivity (Wildman–Crippen MR) is 65.1 cm³/mol. The van der Waals surface area contributed by atoms with Gasteiger partial charge in [-0.2, -0.15) is 0 Å². The third kappa shape index (κ3) is 2.94. The van der Waals surface area contributed by atoms with Gasteiger partial charge in [-0.05, 0) is 44.7 Å². The zero-order valence-electron chi connectivity index (χ0n) is 10.3. The minimum atomic E-state index is 0.776. The van der Waals surface area contributed by atoms with Gasteiger partial charge in [-0.3, -0.25) is 4.90 Å². The summed E-state index contributed by atoms with van der Waals surface area (Å²) in [5, 5.41) is 3.66. The molecule has 0 aromatic carbocycles. The van der Waals surface area contributed by atoms with E-state index in [2.05, 4.69) is 24.1 Å². The van der Waals surface area contributed by atoms with Crippen molar-refractivity contribution in [2.45, 2.75) is 58.0 Å². The Morgan fingerprint density at radius 3 is 2.73 bits per heavy atom. The third-order valence-corrected chi connectivity index (χ3v) is 4.05. The first kappa shape index (κ1) is 11.4. The quantitative estimate of drug-likeness (QED) is 0.768. The van der Waals surface area contributed by atoms with E-state index in [4.69, 9.17) is 0 Å². The summed E-state index contributed by atoms with van der Waals surface area (Å²) in [6.07, 6.45) is 7.03. The van der Waals surface area contributed by atoms with Crippen LogP contribution in [-0.2, 0) is 0 Å². The maximum absolute atomic E-state index is 3.66. The Morgan fingerprint density at radius 1 is 1.20 bits per heavy atom. The molecular formula is C13H26N2. The van der Waals surface area contributed by atoms with Crippen molar-refractivity contribution in [1.82, 2.24) is 10.2 Å². The van der Waals surface area contributed by atoms with Crippen LogP contribution >= 0.6 is 0 Å². The molecule has 0 saturated carbocycles. The highest BCUT2D eigenvalue weighted by Gasteiger charge is 2.28. The molecule has 2 rings (SSSR count). The van der Waals surface area contributed by atoms with Crippen molar-refractivity contribution in [3.63, 3.8) is 0 Å². The second-order valence-electron chi connectivity index (χ2n) is 5.60. The topological polar surface area (TPSA) is 15.3 Å². The van der Waals surface area contributed by atoms with Crippen molar-refractivity contribution in [3.8, 4) is 0 Å². The molecule has 2 unspecified atom stereocenters. The highest BCUT2D eigenvalue weighted by atomic mass is 15.2. The van der Waals surface area contributed by atoms with Crippen LogP contribution in [0.2, 0.25) is 0 Å². The van der Waals surface area contributed by atoms with Crippen LogP contribution in [0.1, 0.15) is 46.0 Å². The lowest BCUT2D eigenvalue weighted by Crippen LogP contribution is -2.46. The molecule has 0 bridgehead atoms. The Kier molecular flexibility index (Phi) is 4.04. The van der Waals surface area contributed by atoms with Gasteiger partial charge in [0.25, 0.3) is 0 Å². The van der Waals surface area contributed by atoms with Crippen LogP contribution in [0.15, 0.2) is 0 Å². The minimum absolute atomic E-state index is 0.776. The highest BCUT2D eigenvalue weighted by molar-refractivity contribution is 4.85. The molecule has 2 aliphatic heterocycles. The normalized spacial score (nSPS) is 33.8. The van der Waals surface area contributed by atoms with Gasteiger partial charge in [0.1, 0.15) is 0 Å². The smallest absolute Gasteiger partial charge is 0.0195 e. The fraction of sp³-hybridized carbons (Fsp3) is 1.00. The molecule has 2 nitrogen and oxygen atoms in total. The van der Waals surface area contributed by atoms with Crippen molar-refractivity contribution in [3.05, 3.63) is 0 Å². The van der Waals surface area contributed by atoms with Gasteiger partial charge >= 0.3 is 0 Å². The van der Waals surface area contributed by atoms with Crippen LogP contribution in [0.5, 0.6) is 0 Å². The number of rotatable bonds is 3. The second-order valence-corrected chi connectivity index (χ2v) is 5.60. The Bertz CT molecular complexity index is 185. The monoisotopic (exact) mass is 210 g/mol. The summed E-state index contributed by atoms with van der Waals surface area (Å²) in [5.41, 5.74) is 0. The Balaban J connectivity index is 1.81. The number of nitrogens with zero attached hydrogens (tertiary/aromatic N) is 1. The van der Waals surface area contributed by atoms with Crippen molar-refractivity contribution < 1.29 is 0 Å². The van der Waals surface area contributed by atoms with Crippen molar-refractivity contribution in [2.75, 3.05) is 19.6 Å².